The molecule has 1 aromatic rings. The predicted octanol–water partition coefficient (Wildman–Crippen LogP) is 1.97. The molecule has 0 fully saturated rings. The summed E-state index contributed by atoms with van der Waals surface area (Å²) in [5.41, 5.74) is 0.169. The molecular weight excluding hydrogens is 214 g/mol. The van der Waals surface area contributed by atoms with E-state index in [-0.39, 0.29) is 4.90 Å². The van der Waals surface area contributed by atoms with Crippen molar-refractivity contribution in [1.82, 2.24) is 4.72 Å². The van der Waals surface area contributed by atoms with Crippen LogP contribution in [0.1, 0.15) is 32.1 Å². The standard InChI is InChI=1S/C10H17NO3S/c1-7-8(2)14-6-9(7)15(12,13)11-10(3,4)5/h6,11H,1-5H3. The maximum Gasteiger partial charge on any atom is 0.244 e. The third kappa shape index (κ3) is 2.82. The molecule has 0 aromatic carbocycles. The van der Waals surface area contributed by atoms with E-state index in [4.69, 9.17) is 4.42 Å². The maximum atomic E-state index is 11.9. The Morgan fingerprint density at radius 1 is 1.27 bits per heavy atom. The molecule has 0 radical (unpaired) electrons. The first-order chi connectivity index (χ1) is 6.63. The van der Waals surface area contributed by atoms with E-state index in [2.05, 4.69) is 4.72 Å². The zero-order valence-corrected chi connectivity index (χ0v) is 10.5. The summed E-state index contributed by atoms with van der Waals surface area (Å²) in [5.74, 6) is 0.629. The third-order valence-corrected chi connectivity index (χ3v) is 3.83. The number of nitrogens with one attached hydrogen (secondary N) is 1. The van der Waals surface area contributed by atoms with Crippen LogP contribution in [0.25, 0.3) is 0 Å². The van der Waals surface area contributed by atoms with Gasteiger partial charge in [-0.1, -0.05) is 0 Å². The highest BCUT2D eigenvalue weighted by Crippen LogP contribution is 2.21. The molecule has 0 bridgehead atoms. The van der Waals surface area contributed by atoms with E-state index in [1.165, 1.54) is 6.26 Å². The Kier molecular flexibility index (Phi) is 2.98. The number of hydrogen-bond acceptors (Lipinski definition) is 3. The second-order valence-corrected chi connectivity index (χ2v) is 6.29. The zero-order valence-electron chi connectivity index (χ0n) is 9.71. The molecule has 15 heavy (non-hydrogen) atoms. The van der Waals surface area contributed by atoms with Gasteiger partial charge in [0.05, 0.1) is 0 Å². The largest absolute Gasteiger partial charge is 0.468 e. The van der Waals surface area contributed by atoms with Gasteiger partial charge in [0, 0.05) is 11.1 Å². The quantitative estimate of drug-likeness (QED) is 0.846. The van der Waals surface area contributed by atoms with Crippen LogP contribution >= 0.6 is 0 Å². The molecule has 1 rings (SSSR count). The van der Waals surface area contributed by atoms with E-state index < -0.39 is 15.6 Å². The van der Waals surface area contributed by atoms with Crippen molar-refractivity contribution in [2.75, 3.05) is 0 Å². The van der Waals surface area contributed by atoms with Crippen molar-refractivity contribution in [2.45, 2.75) is 45.1 Å². The number of sulfonamides is 1. The first kappa shape index (κ1) is 12.3. The second-order valence-electron chi connectivity index (χ2n) is 4.64. The molecule has 0 amide bonds. The summed E-state index contributed by atoms with van der Waals surface area (Å²) < 4.78 is 31.5. The molecule has 0 unspecified atom stereocenters. The second kappa shape index (κ2) is 3.64. The summed E-state index contributed by atoms with van der Waals surface area (Å²) in [6, 6.07) is 0. The SMILES string of the molecule is Cc1occ(S(=O)(=O)NC(C)(C)C)c1C. The smallest absolute Gasteiger partial charge is 0.244 e. The topological polar surface area (TPSA) is 59.3 Å². The molecule has 86 valence electrons. The Labute approximate surface area is 90.7 Å². The first-order valence-corrected chi connectivity index (χ1v) is 6.20. The summed E-state index contributed by atoms with van der Waals surface area (Å²) in [6.45, 7) is 8.87. The van der Waals surface area contributed by atoms with Crippen LogP contribution in [0.2, 0.25) is 0 Å². The summed E-state index contributed by atoms with van der Waals surface area (Å²) in [7, 11) is -3.47. The van der Waals surface area contributed by atoms with E-state index in [9.17, 15) is 8.42 Å². The van der Waals surface area contributed by atoms with Gasteiger partial charge in [0.2, 0.25) is 10.0 Å². The first-order valence-electron chi connectivity index (χ1n) is 4.72. The highest BCUT2D eigenvalue weighted by molar-refractivity contribution is 7.89. The molecule has 5 heteroatoms. The van der Waals surface area contributed by atoms with Gasteiger partial charge in [0.15, 0.2) is 0 Å². The maximum absolute atomic E-state index is 11.9. The molecule has 0 aliphatic rings. The fourth-order valence-electron chi connectivity index (χ4n) is 1.22. The average Bonchev–Trinajstić information content (AvgIpc) is 2.27. The number of rotatable bonds is 2. The number of aryl methyl sites for hydroxylation is 1. The van der Waals surface area contributed by atoms with Crippen molar-refractivity contribution in [3.8, 4) is 0 Å². The molecule has 0 spiro atoms. The summed E-state index contributed by atoms with van der Waals surface area (Å²) in [5, 5.41) is 0. The van der Waals surface area contributed by atoms with Crippen LogP contribution in [0.5, 0.6) is 0 Å². The predicted molar refractivity (Wildman–Crippen MR) is 58.3 cm³/mol. The van der Waals surface area contributed by atoms with Crippen LogP contribution in [0.4, 0.5) is 0 Å². The molecule has 0 atom stereocenters. The monoisotopic (exact) mass is 231 g/mol. The molecule has 1 N–H and O–H groups in total. The highest BCUT2D eigenvalue weighted by Gasteiger charge is 2.25. The lowest BCUT2D eigenvalue weighted by atomic mass is 10.1. The summed E-state index contributed by atoms with van der Waals surface area (Å²) in [6.07, 6.45) is 1.28. The fraction of sp³-hybridized carbons (Fsp3) is 0.600. The Morgan fingerprint density at radius 3 is 2.13 bits per heavy atom. The van der Waals surface area contributed by atoms with Crippen LogP contribution in [0.15, 0.2) is 15.6 Å². The molecule has 0 aliphatic carbocycles. The van der Waals surface area contributed by atoms with E-state index in [1.807, 2.05) is 0 Å². The van der Waals surface area contributed by atoms with Gasteiger partial charge in [-0.2, -0.15) is 0 Å². The van der Waals surface area contributed by atoms with Crippen molar-refractivity contribution < 1.29 is 12.8 Å². The lowest BCUT2D eigenvalue weighted by Gasteiger charge is -2.19. The Hall–Kier alpha value is -0.810. The number of furan rings is 1. The number of hydrogen-bond donors (Lipinski definition) is 1. The Bertz CT molecular complexity index is 452. The van der Waals surface area contributed by atoms with Crippen molar-refractivity contribution in [3.63, 3.8) is 0 Å². The normalized spacial score (nSPS) is 13.1. The molecular formula is C10H17NO3S. The van der Waals surface area contributed by atoms with Gasteiger partial charge in [0.1, 0.15) is 16.9 Å². The minimum Gasteiger partial charge on any atom is -0.468 e. The Balaban J connectivity index is 3.13. The Morgan fingerprint density at radius 2 is 1.80 bits per heavy atom. The molecule has 0 aliphatic heterocycles. The lowest BCUT2D eigenvalue weighted by Crippen LogP contribution is -2.40. The zero-order chi connectivity index (χ0) is 11.9. The third-order valence-electron chi connectivity index (χ3n) is 1.97. The van der Waals surface area contributed by atoms with Crippen LogP contribution in [0, 0.1) is 13.8 Å². The van der Waals surface area contributed by atoms with Gasteiger partial charge in [0.25, 0.3) is 0 Å². The highest BCUT2D eigenvalue weighted by atomic mass is 32.2. The van der Waals surface area contributed by atoms with Gasteiger partial charge in [-0.15, -0.1) is 0 Å². The van der Waals surface area contributed by atoms with E-state index in [0.717, 1.165) is 0 Å². The van der Waals surface area contributed by atoms with Crippen LogP contribution in [-0.2, 0) is 10.0 Å². The minimum atomic E-state index is -3.47. The fourth-order valence-corrected chi connectivity index (χ4v) is 2.85. The van der Waals surface area contributed by atoms with Crippen LogP contribution < -0.4 is 4.72 Å². The van der Waals surface area contributed by atoms with Gasteiger partial charge in [-0.05, 0) is 34.6 Å². The van der Waals surface area contributed by atoms with Crippen LogP contribution in [-0.4, -0.2) is 14.0 Å². The molecule has 4 nitrogen and oxygen atoms in total. The molecule has 1 aromatic heterocycles. The molecule has 0 saturated heterocycles. The van der Waals surface area contributed by atoms with Crippen molar-refractivity contribution in [2.24, 2.45) is 0 Å². The van der Waals surface area contributed by atoms with E-state index >= 15 is 0 Å². The minimum absolute atomic E-state index is 0.218. The van der Waals surface area contributed by atoms with Gasteiger partial charge in [-0.3, -0.25) is 0 Å². The lowest BCUT2D eigenvalue weighted by molar-refractivity contribution is 0.489. The van der Waals surface area contributed by atoms with Gasteiger partial charge >= 0.3 is 0 Å². The molecule has 1 heterocycles. The van der Waals surface area contributed by atoms with E-state index in [0.29, 0.717) is 11.3 Å². The average molecular weight is 231 g/mol. The van der Waals surface area contributed by atoms with Gasteiger partial charge in [-0.25, -0.2) is 13.1 Å². The molecule has 0 saturated carbocycles. The summed E-state index contributed by atoms with van der Waals surface area (Å²) >= 11 is 0. The van der Waals surface area contributed by atoms with E-state index in [1.54, 1.807) is 34.6 Å². The van der Waals surface area contributed by atoms with Crippen molar-refractivity contribution >= 4 is 10.0 Å². The van der Waals surface area contributed by atoms with Crippen molar-refractivity contribution in [3.05, 3.63) is 17.6 Å². The summed E-state index contributed by atoms with van der Waals surface area (Å²) in [4.78, 5) is 0.218. The van der Waals surface area contributed by atoms with Gasteiger partial charge < -0.3 is 4.42 Å². The van der Waals surface area contributed by atoms with Crippen LogP contribution in [0.3, 0.4) is 0 Å². The van der Waals surface area contributed by atoms with Crippen molar-refractivity contribution in [1.29, 1.82) is 0 Å².